The van der Waals surface area contributed by atoms with Gasteiger partial charge in [-0.15, -0.1) is 11.8 Å². The summed E-state index contributed by atoms with van der Waals surface area (Å²) < 4.78 is -0.721. The maximum atomic E-state index is 11.0. The van der Waals surface area contributed by atoms with Gasteiger partial charge in [-0.25, -0.2) is 0 Å². The molecular weight excluding hydrogens is 196 g/mol. The number of carboxylic acids is 1. The minimum atomic E-state index is -0.756. The van der Waals surface area contributed by atoms with Crippen molar-refractivity contribution in [3.05, 3.63) is 35.9 Å². The van der Waals surface area contributed by atoms with Crippen molar-refractivity contribution in [2.45, 2.75) is 18.1 Å². The van der Waals surface area contributed by atoms with Crippen molar-refractivity contribution < 1.29 is 9.90 Å². The minimum Gasteiger partial charge on any atom is -0.480 e. The maximum absolute atomic E-state index is 11.0. The van der Waals surface area contributed by atoms with Crippen molar-refractivity contribution in [2.24, 2.45) is 0 Å². The Hall–Kier alpha value is -0.960. The van der Waals surface area contributed by atoms with E-state index in [-0.39, 0.29) is 0 Å². The number of hydrogen-bond donors (Lipinski definition) is 1. The van der Waals surface area contributed by atoms with Gasteiger partial charge in [0.25, 0.3) is 0 Å². The molecule has 1 atom stereocenters. The number of aliphatic carboxylic acids is 1. The Morgan fingerprint density at radius 2 is 2.00 bits per heavy atom. The summed E-state index contributed by atoms with van der Waals surface area (Å²) in [4.78, 5) is 11.0. The molecule has 76 valence electrons. The van der Waals surface area contributed by atoms with E-state index in [4.69, 9.17) is 5.11 Å². The van der Waals surface area contributed by atoms with E-state index in [2.05, 4.69) is 0 Å². The summed E-state index contributed by atoms with van der Waals surface area (Å²) in [5, 5.41) is 9.07. The van der Waals surface area contributed by atoms with E-state index in [1.165, 1.54) is 11.8 Å². The third kappa shape index (κ3) is 2.51. The van der Waals surface area contributed by atoms with Crippen LogP contribution in [0.4, 0.5) is 0 Å². The average Bonchev–Trinajstić information content (AvgIpc) is 2.19. The topological polar surface area (TPSA) is 37.3 Å². The molecule has 14 heavy (non-hydrogen) atoms. The largest absolute Gasteiger partial charge is 0.480 e. The standard InChI is InChI=1S/C11H14O2S/c1-11(14-2,10(12)13)8-9-6-4-3-5-7-9/h3-7H,8H2,1-2H3,(H,12,13). The van der Waals surface area contributed by atoms with E-state index in [9.17, 15) is 4.79 Å². The Morgan fingerprint density at radius 3 is 2.43 bits per heavy atom. The molecule has 0 fully saturated rings. The van der Waals surface area contributed by atoms with Crippen LogP contribution in [0.3, 0.4) is 0 Å². The lowest BCUT2D eigenvalue weighted by atomic mass is 10.0. The van der Waals surface area contributed by atoms with Gasteiger partial charge in [-0.05, 0) is 25.2 Å². The SMILES string of the molecule is CSC(C)(Cc1ccccc1)C(=O)O. The van der Waals surface area contributed by atoms with Crippen LogP contribution in [0.15, 0.2) is 30.3 Å². The number of carbonyl (C=O) groups is 1. The van der Waals surface area contributed by atoms with Gasteiger partial charge >= 0.3 is 5.97 Å². The van der Waals surface area contributed by atoms with Crippen molar-refractivity contribution in [1.29, 1.82) is 0 Å². The van der Waals surface area contributed by atoms with Crippen molar-refractivity contribution in [1.82, 2.24) is 0 Å². The van der Waals surface area contributed by atoms with E-state index >= 15 is 0 Å². The highest BCUT2D eigenvalue weighted by atomic mass is 32.2. The smallest absolute Gasteiger partial charge is 0.319 e. The zero-order chi connectivity index (χ0) is 10.6. The van der Waals surface area contributed by atoms with Crippen molar-refractivity contribution in [2.75, 3.05) is 6.26 Å². The van der Waals surface area contributed by atoms with Gasteiger partial charge in [-0.1, -0.05) is 30.3 Å². The zero-order valence-electron chi connectivity index (χ0n) is 8.36. The summed E-state index contributed by atoms with van der Waals surface area (Å²) in [6.45, 7) is 1.76. The number of hydrogen-bond acceptors (Lipinski definition) is 2. The van der Waals surface area contributed by atoms with Crippen molar-refractivity contribution in [3.8, 4) is 0 Å². The van der Waals surface area contributed by atoms with E-state index in [1.54, 1.807) is 6.92 Å². The summed E-state index contributed by atoms with van der Waals surface area (Å²) in [5.74, 6) is -0.756. The molecule has 1 aromatic carbocycles. The third-order valence-corrected chi connectivity index (χ3v) is 3.51. The summed E-state index contributed by atoms with van der Waals surface area (Å²) in [6, 6.07) is 9.70. The van der Waals surface area contributed by atoms with Gasteiger partial charge in [0.05, 0.1) is 0 Å². The molecular formula is C11H14O2S. The van der Waals surface area contributed by atoms with Gasteiger partial charge in [0.2, 0.25) is 0 Å². The van der Waals surface area contributed by atoms with Gasteiger partial charge in [-0.3, -0.25) is 4.79 Å². The van der Waals surface area contributed by atoms with E-state index < -0.39 is 10.7 Å². The molecule has 1 N–H and O–H groups in total. The first-order valence-corrected chi connectivity index (χ1v) is 5.63. The van der Waals surface area contributed by atoms with E-state index in [0.717, 1.165) is 5.56 Å². The molecule has 0 heterocycles. The monoisotopic (exact) mass is 210 g/mol. The van der Waals surface area contributed by atoms with Crippen LogP contribution >= 0.6 is 11.8 Å². The highest BCUT2D eigenvalue weighted by molar-refractivity contribution is 8.00. The fourth-order valence-corrected chi connectivity index (χ4v) is 1.71. The Balaban J connectivity index is 2.81. The number of benzene rings is 1. The van der Waals surface area contributed by atoms with Crippen molar-refractivity contribution in [3.63, 3.8) is 0 Å². The Labute approximate surface area is 88.3 Å². The van der Waals surface area contributed by atoms with E-state index in [0.29, 0.717) is 6.42 Å². The summed E-state index contributed by atoms with van der Waals surface area (Å²) >= 11 is 1.38. The molecule has 1 unspecified atom stereocenters. The summed E-state index contributed by atoms with van der Waals surface area (Å²) in [7, 11) is 0. The molecule has 0 amide bonds. The summed E-state index contributed by atoms with van der Waals surface area (Å²) in [5.41, 5.74) is 1.06. The Bertz CT molecular complexity index is 310. The normalized spacial score (nSPS) is 14.7. The van der Waals surface area contributed by atoms with Crippen LogP contribution in [0.2, 0.25) is 0 Å². The maximum Gasteiger partial charge on any atom is 0.319 e. The number of rotatable bonds is 4. The highest BCUT2D eigenvalue weighted by Gasteiger charge is 2.32. The fourth-order valence-electron chi connectivity index (χ4n) is 1.22. The zero-order valence-corrected chi connectivity index (χ0v) is 9.17. The van der Waals surface area contributed by atoms with Gasteiger partial charge in [0, 0.05) is 0 Å². The van der Waals surface area contributed by atoms with Gasteiger partial charge in [0.15, 0.2) is 0 Å². The quantitative estimate of drug-likeness (QED) is 0.829. The minimum absolute atomic E-state index is 0.560. The second kappa shape index (κ2) is 4.51. The van der Waals surface area contributed by atoms with Crippen LogP contribution < -0.4 is 0 Å². The number of carboxylic acid groups (broad SMARTS) is 1. The van der Waals surface area contributed by atoms with Crippen LogP contribution in [0.1, 0.15) is 12.5 Å². The first-order valence-electron chi connectivity index (χ1n) is 4.41. The molecule has 0 radical (unpaired) electrons. The number of thioether (sulfide) groups is 1. The molecule has 0 aliphatic carbocycles. The first kappa shape index (κ1) is 11.1. The predicted octanol–water partition coefficient (Wildman–Crippen LogP) is 2.44. The first-order chi connectivity index (χ1) is 6.58. The molecule has 1 aromatic rings. The van der Waals surface area contributed by atoms with Crippen LogP contribution in [0, 0.1) is 0 Å². The van der Waals surface area contributed by atoms with Gasteiger partial charge < -0.3 is 5.11 Å². The molecule has 0 bridgehead atoms. The highest BCUT2D eigenvalue weighted by Crippen LogP contribution is 2.27. The molecule has 0 aliphatic rings. The lowest BCUT2D eigenvalue weighted by Crippen LogP contribution is -2.33. The molecule has 0 saturated heterocycles. The molecule has 3 heteroatoms. The van der Waals surface area contributed by atoms with Crippen molar-refractivity contribution >= 4 is 17.7 Å². The van der Waals surface area contributed by atoms with Crippen LogP contribution in [0.25, 0.3) is 0 Å². The van der Waals surface area contributed by atoms with E-state index in [1.807, 2.05) is 36.6 Å². The third-order valence-electron chi connectivity index (χ3n) is 2.29. The molecule has 0 aromatic heterocycles. The summed E-state index contributed by atoms with van der Waals surface area (Å²) in [6.07, 6.45) is 2.39. The molecule has 0 aliphatic heterocycles. The lowest BCUT2D eigenvalue weighted by Gasteiger charge is -2.22. The lowest BCUT2D eigenvalue weighted by molar-refractivity contribution is -0.139. The van der Waals surface area contributed by atoms with Crippen LogP contribution in [-0.4, -0.2) is 22.1 Å². The second-order valence-electron chi connectivity index (χ2n) is 3.40. The molecule has 2 nitrogen and oxygen atoms in total. The van der Waals surface area contributed by atoms with Gasteiger partial charge in [0.1, 0.15) is 4.75 Å². The Kier molecular flexibility index (Phi) is 3.58. The van der Waals surface area contributed by atoms with Gasteiger partial charge in [-0.2, -0.15) is 0 Å². The predicted molar refractivity (Wildman–Crippen MR) is 59.7 cm³/mol. The van der Waals surface area contributed by atoms with Crippen LogP contribution in [0.5, 0.6) is 0 Å². The molecule has 0 saturated carbocycles. The Morgan fingerprint density at radius 1 is 1.43 bits per heavy atom. The fraction of sp³-hybridized carbons (Fsp3) is 0.364. The molecule has 1 rings (SSSR count). The average molecular weight is 210 g/mol. The van der Waals surface area contributed by atoms with Crippen LogP contribution in [-0.2, 0) is 11.2 Å². The second-order valence-corrected chi connectivity index (χ2v) is 4.71. The molecule has 0 spiro atoms.